The number of carbonyl (C=O) groups is 1. The number of methoxy groups -OCH3 is 1. The van der Waals surface area contributed by atoms with Crippen molar-refractivity contribution in [2.75, 3.05) is 26.7 Å². The summed E-state index contributed by atoms with van der Waals surface area (Å²) < 4.78 is 47.5. The Bertz CT molecular complexity index is 1240. The standard InChI is InChI=1S/C27H28F3N3O3S/c1-17-8-19(6-7-25(17)35-2)10-32-12-21-22(13-32)23(21)14-33(26(34)24-15-37-16-31-24)11-18-4-3-5-20(9-18)36-27(28,29)30/h3-9,15-16,21-23H,10-14H2,1-2H3. The van der Waals surface area contributed by atoms with Gasteiger partial charge in [-0.2, -0.15) is 0 Å². The number of hydrogen-bond donors (Lipinski definition) is 0. The van der Waals surface area contributed by atoms with Crippen LogP contribution in [-0.2, 0) is 13.1 Å². The van der Waals surface area contributed by atoms with Crippen LogP contribution >= 0.6 is 11.3 Å². The number of benzene rings is 2. The summed E-state index contributed by atoms with van der Waals surface area (Å²) in [5, 5.41) is 1.70. The molecule has 37 heavy (non-hydrogen) atoms. The van der Waals surface area contributed by atoms with E-state index in [1.807, 2.05) is 13.0 Å². The van der Waals surface area contributed by atoms with E-state index in [1.54, 1.807) is 29.0 Å². The molecule has 2 aliphatic rings. The van der Waals surface area contributed by atoms with Crippen molar-refractivity contribution in [1.29, 1.82) is 0 Å². The first-order chi connectivity index (χ1) is 17.7. The summed E-state index contributed by atoms with van der Waals surface area (Å²) in [5.74, 6) is 1.76. The van der Waals surface area contributed by atoms with Gasteiger partial charge in [0.15, 0.2) is 0 Å². The average Bonchev–Trinajstić information content (AvgIpc) is 3.23. The molecule has 2 heterocycles. The van der Waals surface area contributed by atoms with Crippen molar-refractivity contribution in [2.45, 2.75) is 26.4 Å². The maximum absolute atomic E-state index is 13.2. The first kappa shape index (κ1) is 25.5. The van der Waals surface area contributed by atoms with E-state index < -0.39 is 6.36 Å². The highest BCUT2D eigenvalue weighted by atomic mass is 32.1. The average molecular weight is 532 g/mol. The number of piperidine rings is 1. The minimum Gasteiger partial charge on any atom is -0.496 e. The molecule has 10 heteroatoms. The molecule has 1 aromatic heterocycles. The summed E-state index contributed by atoms with van der Waals surface area (Å²) >= 11 is 1.34. The van der Waals surface area contributed by atoms with E-state index in [-0.39, 0.29) is 18.2 Å². The molecule has 3 aromatic rings. The third-order valence-electron chi connectivity index (χ3n) is 7.19. The molecule has 2 unspecified atom stereocenters. The van der Waals surface area contributed by atoms with Crippen molar-refractivity contribution in [3.8, 4) is 11.5 Å². The number of hydrogen-bond acceptors (Lipinski definition) is 6. The number of aromatic nitrogens is 1. The molecule has 2 aromatic carbocycles. The van der Waals surface area contributed by atoms with Gasteiger partial charge in [-0.3, -0.25) is 9.69 Å². The van der Waals surface area contributed by atoms with Gasteiger partial charge in [0.05, 0.1) is 12.6 Å². The minimum absolute atomic E-state index is 0.191. The predicted octanol–water partition coefficient (Wildman–Crippen LogP) is 5.38. The number of amides is 1. The Morgan fingerprint density at radius 1 is 1.16 bits per heavy atom. The van der Waals surface area contributed by atoms with Crippen molar-refractivity contribution < 1.29 is 27.4 Å². The number of alkyl halides is 3. The summed E-state index contributed by atoms with van der Waals surface area (Å²) in [6.45, 7) is 5.58. The van der Waals surface area contributed by atoms with Crippen LogP contribution in [0.25, 0.3) is 0 Å². The lowest BCUT2D eigenvalue weighted by atomic mass is 10.1. The molecule has 6 nitrogen and oxygen atoms in total. The minimum atomic E-state index is -4.77. The summed E-state index contributed by atoms with van der Waals surface area (Å²) in [5.41, 5.74) is 4.90. The second-order valence-electron chi connectivity index (χ2n) is 9.74. The molecule has 0 bridgehead atoms. The first-order valence-corrected chi connectivity index (χ1v) is 13.0. The van der Waals surface area contributed by atoms with E-state index in [0.29, 0.717) is 35.6 Å². The van der Waals surface area contributed by atoms with Crippen LogP contribution in [0.15, 0.2) is 53.4 Å². The second kappa shape index (κ2) is 10.3. The van der Waals surface area contributed by atoms with Crippen LogP contribution in [0, 0.1) is 24.7 Å². The Balaban J connectivity index is 1.23. The molecule has 0 N–H and O–H groups in total. The zero-order valence-electron chi connectivity index (χ0n) is 20.6. The van der Waals surface area contributed by atoms with Gasteiger partial charge in [0, 0.05) is 38.1 Å². The zero-order chi connectivity index (χ0) is 26.2. The van der Waals surface area contributed by atoms with Crippen molar-refractivity contribution in [3.63, 3.8) is 0 Å². The number of thiazole rings is 1. The highest BCUT2D eigenvalue weighted by Gasteiger charge is 2.55. The Morgan fingerprint density at radius 3 is 2.59 bits per heavy atom. The lowest BCUT2D eigenvalue weighted by Gasteiger charge is -2.25. The molecule has 1 saturated heterocycles. The van der Waals surface area contributed by atoms with Crippen molar-refractivity contribution in [2.24, 2.45) is 17.8 Å². The van der Waals surface area contributed by atoms with E-state index in [2.05, 4.69) is 26.8 Å². The second-order valence-corrected chi connectivity index (χ2v) is 10.5. The molecular formula is C27H28F3N3O3S. The Labute approximate surface area is 217 Å². The molecule has 0 spiro atoms. The summed E-state index contributed by atoms with van der Waals surface area (Å²) in [6.07, 6.45) is -4.77. The van der Waals surface area contributed by atoms with Crippen LogP contribution in [0.5, 0.6) is 11.5 Å². The number of nitrogens with zero attached hydrogens (tertiary/aromatic N) is 3. The molecule has 5 rings (SSSR count). The molecule has 1 aliphatic carbocycles. The van der Waals surface area contributed by atoms with Gasteiger partial charge >= 0.3 is 6.36 Å². The molecule has 0 radical (unpaired) electrons. The fraction of sp³-hybridized carbons (Fsp3) is 0.407. The van der Waals surface area contributed by atoms with Gasteiger partial charge in [0.1, 0.15) is 17.2 Å². The summed E-state index contributed by atoms with van der Waals surface area (Å²) in [7, 11) is 1.67. The van der Waals surface area contributed by atoms with E-state index in [4.69, 9.17) is 4.74 Å². The van der Waals surface area contributed by atoms with Gasteiger partial charge in [0.25, 0.3) is 5.91 Å². The molecule has 1 aliphatic heterocycles. The van der Waals surface area contributed by atoms with Gasteiger partial charge in [-0.15, -0.1) is 24.5 Å². The molecule has 196 valence electrons. The number of likely N-dealkylation sites (tertiary alicyclic amines) is 1. The van der Waals surface area contributed by atoms with Crippen LogP contribution in [0.3, 0.4) is 0 Å². The van der Waals surface area contributed by atoms with Crippen molar-refractivity contribution in [1.82, 2.24) is 14.8 Å². The highest BCUT2D eigenvalue weighted by molar-refractivity contribution is 7.07. The van der Waals surface area contributed by atoms with Gasteiger partial charge < -0.3 is 14.4 Å². The maximum atomic E-state index is 13.2. The van der Waals surface area contributed by atoms with Gasteiger partial charge in [-0.1, -0.05) is 24.3 Å². The zero-order valence-corrected chi connectivity index (χ0v) is 21.4. The smallest absolute Gasteiger partial charge is 0.496 e. The first-order valence-electron chi connectivity index (χ1n) is 12.1. The SMILES string of the molecule is COc1ccc(CN2CC3C(C2)C3CN(Cc2cccc(OC(F)(F)F)c2)C(=O)c2cscn2)cc1C. The Kier molecular flexibility index (Phi) is 7.13. The third-order valence-corrected chi connectivity index (χ3v) is 7.77. The third kappa shape index (κ3) is 6.07. The largest absolute Gasteiger partial charge is 0.573 e. The number of fused-ring (bicyclic) bond motifs is 1. The van der Waals surface area contributed by atoms with E-state index in [9.17, 15) is 18.0 Å². The number of aryl methyl sites for hydroxylation is 1. The highest BCUT2D eigenvalue weighted by Crippen LogP contribution is 2.52. The van der Waals surface area contributed by atoms with E-state index in [1.165, 1.54) is 35.1 Å². The monoisotopic (exact) mass is 531 g/mol. The van der Waals surface area contributed by atoms with Crippen LogP contribution in [0.2, 0.25) is 0 Å². The number of carbonyl (C=O) groups excluding carboxylic acids is 1. The number of rotatable bonds is 9. The molecule has 2 fully saturated rings. The van der Waals surface area contributed by atoms with E-state index >= 15 is 0 Å². The maximum Gasteiger partial charge on any atom is 0.573 e. The van der Waals surface area contributed by atoms with Crippen molar-refractivity contribution in [3.05, 3.63) is 75.7 Å². The normalized spacial score (nSPS) is 20.9. The fourth-order valence-electron chi connectivity index (χ4n) is 5.45. The van der Waals surface area contributed by atoms with E-state index in [0.717, 1.165) is 30.9 Å². The Morgan fingerprint density at radius 2 is 1.95 bits per heavy atom. The summed E-state index contributed by atoms with van der Waals surface area (Å²) in [4.78, 5) is 21.5. The quantitative estimate of drug-likeness (QED) is 0.371. The summed E-state index contributed by atoms with van der Waals surface area (Å²) in [6, 6.07) is 12.1. The lowest BCUT2D eigenvalue weighted by molar-refractivity contribution is -0.274. The lowest BCUT2D eigenvalue weighted by Crippen LogP contribution is -2.35. The van der Waals surface area contributed by atoms with Gasteiger partial charge in [-0.25, -0.2) is 4.98 Å². The number of halogens is 3. The molecule has 2 atom stereocenters. The van der Waals surface area contributed by atoms with Crippen LogP contribution in [0.1, 0.15) is 27.2 Å². The molecular weight excluding hydrogens is 503 g/mol. The van der Waals surface area contributed by atoms with Crippen LogP contribution in [-0.4, -0.2) is 53.8 Å². The number of ether oxygens (including phenoxy) is 2. The van der Waals surface area contributed by atoms with Gasteiger partial charge in [0.2, 0.25) is 0 Å². The topological polar surface area (TPSA) is 54.9 Å². The Hall–Kier alpha value is -3.11. The predicted molar refractivity (Wildman–Crippen MR) is 133 cm³/mol. The van der Waals surface area contributed by atoms with Gasteiger partial charge in [-0.05, 0) is 59.6 Å². The van der Waals surface area contributed by atoms with Crippen molar-refractivity contribution >= 4 is 17.2 Å². The van der Waals surface area contributed by atoms with Crippen LogP contribution in [0.4, 0.5) is 13.2 Å². The molecule has 1 saturated carbocycles. The van der Waals surface area contributed by atoms with Crippen LogP contribution < -0.4 is 9.47 Å². The molecule has 1 amide bonds. The fourth-order valence-corrected chi connectivity index (χ4v) is 5.97.